The summed E-state index contributed by atoms with van der Waals surface area (Å²) >= 11 is 0. The number of carbonyl (C=O) groups excluding carboxylic acids is 2. The van der Waals surface area contributed by atoms with Crippen molar-refractivity contribution in [1.29, 1.82) is 0 Å². The first-order chi connectivity index (χ1) is 15.3. The Morgan fingerprint density at radius 3 is 2.59 bits per heavy atom. The van der Waals surface area contributed by atoms with Crippen molar-refractivity contribution in [3.63, 3.8) is 0 Å². The van der Waals surface area contributed by atoms with Crippen LogP contribution < -0.4 is 10.6 Å². The number of primary amides is 1. The molecular formula is C23H29FN6O2. The fourth-order valence-electron chi connectivity index (χ4n) is 4.25. The molecule has 2 aliphatic rings. The van der Waals surface area contributed by atoms with E-state index in [0.29, 0.717) is 43.1 Å². The molecule has 2 aromatic rings. The largest absolute Gasteiger partial charge is 0.351 e. The van der Waals surface area contributed by atoms with E-state index in [9.17, 15) is 9.59 Å². The molecule has 1 atom stereocenters. The van der Waals surface area contributed by atoms with Crippen LogP contribution in [0.2, 0.25) is 0 Å². The second-order valence-corrected chi connectivity index (χ2v) is 8.47. The van der Waals surface area contributed by atoms with E-state index in [1.54, 1.807) is 43.5 Å². The van der Waals surface area contributed by atoms with Gasteiger partial charge in [0.1, 0.15) is 0 Å². The van der Waals surface area contributed by atoms with Crippen molar-refractivity contribution in [1.82, 2.24) is 19.7 Å². The minimum atomic E-state index is -0.766. The highest BCUT2D eigenvalue weighted by Crippen LogP contribution is 2.30. The lowest BCUT2D eigenvalue weighted by Gasteiger charge is -2.43. The number of halogens is 1. The molecule has 32 heavy (non-hydrogen) atoms. The Morgan fingerprint density at radius 1 is 1.19 bits per heavy atom. The Kier molecular flexibility index (Phi) is 6.27. The van der Waals surface area contributed by atoms with Crippen LogP contribution in [-0.4, -0.2) is 70.5 Å². The summed E-state index contributed by atoms with van der Waals surface area (Å²) in [6.07, 6.45) is 2.63. The maximum atomic E-state index is 15.6. The summed E-state index contributed by atoms with van der Waals surface area (Å²) in [5.41, 5.74) is 7.36. The molecule has 9 heteroatoms. The number of nitrogens with zero attached hydrogens (tertiary/aromatic N) is 5. The standard InChI is InChI=1S/C23H29FN6O2/c1-16-13-19(7-8-26-16)30(22(25)31)20-6-3-5-18(21(20)24)15-28-11-12-29(14-17(28)2)23(32)27-9-4-10-27/h3,5-8,13,17H,4,9-12,14-15H2,1-2H3,(H2,25,31)/t17-/m0/s1. The van der Waals surface area contributed by atoms with Gasteiger partial charge in [0.2, 0.25) is 0 Å². The molecule has 0 unspecified atom stereocenters. The van der Waals surface area contributed by atoms with Gasteiger partial charge in [-0.15, -0.1) is 0 Å². The first-order valence-corrected chi connectivity index (χ1v) is 10.9. The molecule has 2 saturated heterocycles. The highest BCUT2D eigenvalue weighted by molar-refractivity contribution is 5.98. The van der Waals surface area contributed by atoms with Gasteiger partial charge in [-0.25, -0.2) is 14.0 Å². The van der Waals surface area contributed by atoms with Crippen molar-refractivity contribution in [2.45, 2.75) is 32.9 Å². The number of carbonyl (C=O) groups is 2. The van der Waals surface area contributed by atoms with Gasteiger partial charge in [0.25, 0.3) is 0 Å². The highest BCUT2D eigenvalue weighted by Gasteiger charge is 2.32. The smallest absolute Gasteiger partial charge is 0.323 e. The van der Waals surface area contributed by atoms with Crippen LogP contribution in [0.15, 0.2) is 36.5 Å². The number of anilines is 2. The third kappa shape index (κ3) is 4.38. The van der Waals surface area contributed by atoms with Crippen LogP contribution in [-0.2, 0) is 6.54 Å². The van der Waals surface area contributed by atoms with Gasteiger partial charge < -0.3 is 15.5 Å². The summed E-state index contributed by atoms with van der Waals surface area (Å²) in [4.78, 5) is 35.9. The van der Waals surface area contributed by atoms with Gasteiger partial charge in [0, 0.05) is 62.8 Å². The first kappa shape index (κ1) is 22.0. The van der Waals surface area contributed by atoms with Crippen molar-refractivity contribution in [2.75, 3.05) is 37.6 Å². The fraction of sp³-hybridized carbons (Fsp3) is 0.435. The maximum Gasteiger partial charge on any atom is 0.323 e. The molecule has 2 N–H and O–H groups in total. The summed E-state index contributed by atoms with van der Waals surface area (Å²) in [7, 11) is 0. The molecule has 3 heterocycles. The van der Waals surface area contributed by atoms with Crippen LogP contribution >= 0.6 is 0 Å². The van der Waals surface area contributed by atoms with Crippen molar-refractivity contribution in [3.05, 3.63) is 53.6 Å². The number of rotatable bonds is 4. The van der Waals surface area contributed by atoms with E-state index in [-0.39, 0.29) is 17.8 Å². The molecule has 4 amide bonds. The third-order valence-electron chi connectivity index (χ3n) is 6.19. The van der Waals surface area contributed by atoms with E-state index in [2.05, 4.69) is 9.88 Å². The van der Waals surface area contributed by atoms with Crippen LogP contribution in [0.4, 0.5) is 25.4 Å². The van der Waals surface area contributed by atoms with Crippen LogP contribution in [0.1, 0.15) is 24.6 Å². The van der Waals surface area contributed by atoms with Gasteiger partial charge in [0.15, 0.2) is 5.82 Å². The van der Waals surface area contributed by atoms with Gasteiger partial charge in [-0.2, -0.15) is 0 Å². The van der Waals surface area contributed by atoms with Crippen molar-refractivity contribution in [2.24, 2.45) is 5.73 Å². The zero-order chi connectivity index (χ0) is 22.8. The van der Waals surface area contributed by atoms with Gasteiger partial charge in [-0.1, -0.05) is 12.1 Å². The van der Waals surface area contributed by atoms with E-state index in [0.717, 1.165) is 19.5 Å². The molecule has 0 spiro atoms. The Morgan fingerprint density at radius 2 is 1.97 bits per heavy atom. The molecule has 0 saturated carbocycles. The second-order valence-electron chi connectivity index (χ2n) is 8.47. The molecule has 2 aliphatic heterocycles. The number of aromatic nitrogens is 1. The normalized spacial score (nSPS) is 18.9. The second kappa shape index (κ2) is 9.12. The summed E-state index contributed by atoms with van der Waals surface area (Å²) in [5.74, 6) is -0.480. The first-order valence-electron chi connectivity index (χ1n) is 10.9. The van der Waals surface area contributed by atoms with E-state index < -0.39 is 11.8 Å². The van der Waals surface area contributed by atoms with E-state index in [1.807, 2.05) is 16.7 Å². The lowest BCUT2D eigenvalue weighted by molar-refractivity contribution is 0.0665. The van der Waals surface area contributed by atoms with Crippen molar-refractivity contribution < 1.29 is 14.0 Å². The molecule has 170 valence electrons. The monoisotopic (exact) mass is 440 g/mol. The van der Waals surface area contributed by atoms with Gasteiger partial charge >= 0.3 is 12.1 Å². The number of likely N-dealkylation sites (tertiary alicyclic amines) is 1. The summed E-state index contributed by atoms with van der Waals surface area (Å²) < 4.78 is 15.6. The number of aryl methyl sites for hydroxylation is 1. The SMILES string of the molecule is Cc1cc(N(C(N)=O)c2cccc(CN3CCN(C(=O)N4CCC4)C[C@@H]3C)c2F)ccn1. The Balaban J connectivity index is 1.51. The minimum absolute atomic E-state index is 0.0899. The summed E-state index contributed by atoms with van der Waals surface area (Å²) in [5, 5.41) is 0. The number of pyridine rings is 1. The number of urea groups is 2. The lowest BCUT2D eigenvalue weighted by atomic mass is 10.1. The van der Waals surface area contributed by atoms with Crippen LogP contribution in [0.5, 0.6) is 0 Å². The molecule has 4 rings (SSSR count). The molecular weight excluding hydrogens is 411 g/mol. The number of amides is 4. The molecule has 2 fully saturated rings. The molecule has 1 aromatic carbocycles. The Labute approximate surface area is 187 Å². The average Bonchev–Trinajstić information content (AvgIpc) is 2.70. The Bertz CT molecular complexity index is 1010. The fourth-order valence-corrected chi connectivity index (χ4v) is 4.25. The number of benzene rings is 1. The predicted octanol–water partition coefficient (Wildman–Crippen LogP) is 3.08. The number of piperazine rings is 1. The molecule has 0 radical (unpaired) electrons. The predicted molar refractivity (Wildman–Crippen MR) is 120 cm³/mol. The van der Waals surface area contributed by atoms with Gasteiger partial charge in [-0.05, 0) is 38.5 Å². The number of nitrogens with two attached hydrogens (primary N) is 1. The lowest BCUT2D eigenvalue weighted by Crippen LogP contribution is -2.58. The van der Waals surface area contributed by atoms with Crippen LogP contribution in [0, 0.1) is 12.7 Å². The van der Waals surface area contributed by atoms with Crippen LogP contribution in [0.3, 0.4) is 0 Å². The summed E-state index contributed by atoms with van der Waals surface area (Å²) in [6, 6.07) is 7.73. The quantitative estimate of drug-likeness (QED) is 0.792. The highest BCUT2D eigenvalue weighted by atomic mass is 19.1. The topological polar surface area (TPSA) is 86.0 Å². The molecule has 0 bridgehead atoms. The molecule has 1 aromatic heterocycles. The molecule has 8 nitrogen and oxygen atoms in total. The Hall–Kier alpha value is -3.20. The van der Waals surface area contributed by atoms with E-state index in [4.69, 9.17) is 5.73 Å². The maximum absolute atomic E-state index is 15.6. The van der Waals surface area contributed by atoms with E-state index >= 15 is 4.39 Å². The number of hydrogen-bond donors (Lipinski definition) is 1. The number of hydrogen-bond acceptors (Lipinski definition) is 4. The van der Waals surface area contributed by atoms with Gasteiger partial charge in [-0.3, -0.25) is 14.8 Å². The van der Waals surface area contributed by atoms with Crippen molar-refractivity contribution in [3.8, 4) is 0 Å². The van der Waals surface area contributed by atoms with E-state index in [1.165, 1.54) is 4.90 Å². The minimum Gasteiger partial charge on any atom is -0.351 e. The van der Waals surface area contributed by atoms with Crippen molar-refractivity contribution >= 4 is 23.4 Å². The zero-order valence-electron chi connectivity index (χ0n) is 18.5. The zero-order valence-corrected chi connectivity index (χ0v) is 18.5. The van der Waals surface area contributed by atoms with Crippen LogP contribution in [0.25, 0.3) is 0 Å². The van der Waals surface area contributed by atoms with Gasteiger partial charge in [0.05, 0.1) is 11.4 Å². The molecule has 0 aliphatic carbocycles. The third-order valence-corrected chi connectivity index (χ3v) is 6.19. The average molecular weight is 441 g/mol. The summed E-state index contributed by atoms with van der Waals surface area (Å²) in [6.45, 7) is 7.78.